The van der Waals surface area contributed by atoms with Crippen LogP contribution < -0.4 is 5.32 Å². The van der Waals surface area contributed by atoms with Crippen molar-refractivity contribution in [1.29, 1.82) is 0 Å². The lowest BCUT2D eigenvalue weighted by Crippen LogP contribution is -2.26. The second kappa shape index (κ2) is 7.44. The average molecular weight is 223 g/mol. The number of nitrogens with one attached hydrogen (secondary N) is 1. The first kappa shape index (κ1) is 13.2. The van der Waals surface area contributed by atoms with E-state index in [1.54, 1.807) is 0 Å². The Kier molecular flexibility index (Phi) is 6.16. The standard InChI is InChI=1S/C13H25N3/c1-4-8-14-12(3)6-7-13-10-15-16(11-13)9-5-2/h10-12,14H,4-9H2,1-3H3. The molecule has 1 aromatic rings. The van der Waals surface area contributed by atoms with Crippen LogP contribution in [0, 0.1) is 0 Å². The summed E-state index contributed by atoms with van der Waals surface area (Å²) in [6.45, 7) is 8.79. The highest BCUT2D eigenvalue weighted by Gasteiger charge is 2.03. The highest BCUT2D eigenvalue weighted by atomic mass is 15.3. The summed E-state index contributed by atoms with van der Waals surface area (Å²) in [5.74, 6) is 0. The van der Waals surface area contributed by atoms with Crippen molar-refractivity contribution in [2.24, 2.45) is 0 Å². The van der Waals surface area contributed by atoms with Gasteiger partial charge in [-0.3, -0.25) is 4.68 Å². The third-order valence-electron chi connectivity index (χ3n) is 2.75. The molecule has 1 aromatic heterocycles. The van der Waals surface area contributed by atoms with E-state index in [1.807, 2.05) is 10.9 Å². The van der Waals surface area contributed by atoms with Crippen LogP contribution in [0.2, 0.25) is 0 Å². The summed E-state index contributed by atoms with van der Waals surface area (Å²) in [7, 11) is 0. The Morgan fingerprint density at radius 1 is 1.38 bits per heavy atom. The largest absolute Gasteiger partial charge is 0.314 e. The van der Waals surface area contributed by atoms with Gasteiger partial charge < -0.3 is 5.32 Å². The van der Waals surface area contributed by atoms with Gasteiger partial charge in [-0.05, 0) is 44.7 Å². The molecule has 92 valence electrons. The van der Waals surface area contributed by atoms with Crippen LogP contribution in [0.15, 0.2) is 12.4 Å². The zero-order chi connectivity index (χ0) is 11.8. The van der Waals surface area contributed by atoms with Gasteiger partial charge in [0, 0.05) is 18.8 Å². The van der Waals surface area contributed by atoms with E-state index in [1.165, 1.54) is 18.4 Å². The molecule has 1 rings (SSSR count). The van der Waals surface area contributed by atoms with E-state index in [2.05, 4.69) is 37.4 Å². The summed E-state index contributed by atoms with van der Waals surface area (Å²) in [6, 6.07) is 0.606. The fourth-order valence-corrected chi connectivity index (χ4v) is 1.76. The molecule has 0 aliphatic rings. The number of rotatable bonds is 8. The Balaban J connectivity index is 2.25. The van der Waals surface area contributed by atoms with Gasteiger partial charge in [0.05, 0.1) is 6.20 Å². The van der Waals surface area contributed by atoms with Crippen LogP contribution in [-0.4, -0.2) is 22.4 Å². The van der Waals surface area contributed by atoms with E-state index >= 15 is 0 Å². The van der Waals surface area contributed by atoms with Crippen molar-refractivity contribution in [3.05, 3.63) is 18.0 Å². The molecule has 16 heavy (non-hydrogen) atoms. The topological polar surface area (TPSA) is 29.9 Å². The molecule has 0 aliphatic carbocycles. The second-order valence-electron chi connectivity index (χ2n) is 4.51. The lowest BCUT2D eigenvalue weighted by Gasteiger charge is -2.11. The van der Waals surface area contributed by atoms with Crippen LogP contribution >= 0.6 is 0 Å². The molecule has 1 N–H and O–H groups in total. The summed E-state index contributed by atoms with van der Waals surface area (Å²) in [5, 5.41) is 7.85. The molecule has 3 nitrogen and oxygen atoms in total. The maximum Gasteiger partial charge on any atom is 0.0521 e. The maximum absolute atomic E-state index is 4.34. The average Bonchev–Trinajstić information content (AvgIpc) is 2.72. The molecule has 1 unspecified atom stereocenters. The lowest BCUT2D eigenvalue weighted by molar-refractivity contribution is 0.513. The normalized spacial score (nSPS) is 12.9. The maximum atomic E-state index is 4.34. The number of hydrogen-bond donors (Lipinski definition) is 1. The highest BCUT2D eigenvalue weighted by molar-refractivity contribution is 5.04. The van der Waals surface area contributed by atoms with Crippen LogP contribution in [0.1, 0.15) is 45.6 Å². The van der Waals surface area contributed by atoms with Gasteiger partial charge in [-0.1, -0.05) is 13.8 Å². The van der Waals surface area contributed by atoms with Gasteiger partial charge in [0.15, 0.2) is 0 Å². The van der Waals surface area contributed by atoms with E-state index in [9.17, 15) is 0 Å². The third kappa shape index (κ3) is 4.79. The fraction of sp³-hybridized carbons (Fsp3) is 0.769. The van der Waals surface area contributed by atoms with Crippen LogP contribution in [0.4, 0.5) is 0 Å². The predicted octanol–water partition coefficient (Wildman–Crippen LogP) is 2.61. The molecule has 1 atom stereocenters. The van der Waals surface area contributed by atoms with Gasteiger partial charge in [-0.2, -0.15) is 5.10 Å². The molecule has 1 heterocycles. The molecule has 0 amide bonds. The Bertz CT molecular complexity index is 280. The smallest absolute Gasteiger partial charge is 0.0521 e. The van der Waals surface area contributed by atoms with E-state index in [4.69, 9.17) is 0 Å². The zero-order valence-electron chi connectivity index (χ0n) is 10.9. The molecular weight excluding hydrogens is 198 g/mol. The molecule has 0 saturated carbocycles. The monoisotopic (exact) mass is 223 g/mol. The molecule has 0 saturated heterocycles. The van der Waals surface area contributed by atoms with Crippen molar-refractivity contribution in [2.75, 3.05) is 6.54 Å². The van der Waals surface area contributed by atoms with Crippen LogP contribution in [-0.2, 0) is 13.0 Å². The summed E-state index contributed by atoms with van der Waals surface area (Å²) in [4.78, 5) is 0. The molecule has 0 spiro atoms. The van der Waals surface area contributed by atoms with Crippen LogP contribution in [0.5, 0.6) is 0 Å². The first-order valence-electron chi connectivity index (χ1n) is 6.51. The first-order valence-corrected chi connectivity index (χ1v) is 6.51. The second-order valence-corrected chi connectivity index (χ2v) is 4.51. The quantitative estimate of drug-likeness (QED) is 0.734. The van der Waals surface area contributed by atoms with Crippen molar-refractivity contribution in [3.63, 3.8) is 0 Å². The Hall–Kier alpha value is -0.830. The summed E-state index contributed by atoms with van der Waals surface area (Å²) in [5.41, 5.74) is 1.36. The molecule has 0 radical (unpaired) electrons. The summed E-state index contributed by atoms with van der Waals surface area (Å²) < 4.78 is 2.04. The minimum atomic E-state index is 0.606. The van der Waals surface area contributed by atoms with Crippen molar-refractivity contribution < 1.29 is 0 Å². The first-order chi connectivity index (χ1) is 7.76. The SMILES string of the molecule is CCCNC(C)CCc1cnn(CCC)c1. The van der Waals surface area contributed by atoms with Crippen LogP contribution in [0.25, 0.3) is 0 Å². The number of aromatic nitrogens is 2. The van der Waals surface area contributed by atoms with Crippen molar-refractivity contribution >= 4 is 0 Å². The predicted molar refractivity (Wildman–Crippen MR) is 68.6 cm³/mol. The van der Waals surface area contributed by atoms with E-state index in [-0.39, 0.29) is 0 Å². The molecule has 0 aromatic carbocycles. The highest BCUT2D eigenvalue weighted by Crippen LogP contribution is 2.05. The van der Waals surface area contributed by atoms with E-state index < -0.39 is 0 Å². The van der Waals surface area contributed by atoms with Gasteiger partial charge in [-0.15, -0.1) is 0 Å². The van der Waals surface area contributed by atoms with E-state index in [0.717, 1.165) is 25.9 Å². The van der Waals surface area contributed by atoms with Crippen molar-refractivity contribution in [2.45, 2.75) is 59.0 Å². The Morgan fingerprint density at radius 2 is 2.19 bits per heavy atom. The molecular formula is C13H25N3. The molecule has 0 aliphatic heterocycles. The van der Waals surface area contributed by atoms with Crippen molar-refractivity contribution in [1.82, 2.24) is 15.1 Å². The lowest BCUT2D eigenvalue weighted by atomic mass is 10.1. The Morgan fingerprint density at radius 3 is 2.88 bits per heavy atom. The molecule has 3 heteroatoms. The molecule has 0 fully saturated rings. The van der Waals surface area contributed by atoms with Gasteiger partial charge in [0.2, 0.25) is 0 Å². The van der Waals surface area contributed by atoms with Gasteiger partial charge in [0.25, 0.3) is 0 Å². The van der Waals surface area contributed by atoms with Crippen molar-refractivity contribution in [3.8, 4) is 0 Å². The van der Waals surface area contributed by atoms with Gasteiger partial charge in [0.1, 0.15) is 0 Å². The Labute approximate surface area is 99.2 Å². The number of hydrogen-bond acceptors (Lipinski definition) is 2. The number of nitrogens with zero attached hydrogens (tertiary/aromatic N) is 2. The number of aryl methyl sites for hydroxylation is 2. The van der Waals surface area contributed by atoms with Crippen LogP contribution in [0.3, 0.4) is 0 Å². The summed E-state index contributed by atoms with van der Waals surface area (Å²) in [6.07, 6.45) is 8.85. The van der Waals surface area contributed by atoms with E-state index in [0.29, 0.717) is 6.04 Å². The van der Waals surface area contributed by atoms with Gasteiger partial charge >= 0.3 is 0 Å². The van der Waals surface area contributed by atoms with Gasteiger partial charge in [-0.25, -0.2) is 0 Å². The molecule has 0 bridgehead atoms. The zero-order valence-corrected chi connectivity index (χ0v) is 10.9. The minimum Gasteiger partial charge on any atom is -0.314 e. The fourth-order valence-electron chi connectivity index (χ4n) is 1.76. The minimum absolute atomic E-state index is 0.606. The summed E-state index contributed by atoms with van der Waals surface area (Å²) >= 11 is 0. The third-order valence-corrected chi connectivity index (χ3v) is 2.75.